The quantitative estimate of drug-likeness (QED) is 0.360. The predicted molar refractivity (Wildman–Crippen MR) is 132 cm³/mol. The Bertz CT molecular complexity index is 1400. The third-order valence-corrected chi connectivity index (χ3v) is 5.82. The van der Waals surface area contributed by atoms with Gasteiger partial charge in [-0.25, -0.2) is 4.98 Å². The Kier molecular flexibility index (Phi) is 6.81. The number of primary amides is 1. The first-order chi connectivity index (χ1) is 16.3. The molecule has 0 fully saturated rings. The number of para-hydroxylation sites is 2. The van der Waals surface area contributed by atoms with E-state index in [0.29, 0.717) is 38.2 Å². The maximum Gasteiger partial charge on any atom is 0.251 e. The highest BCUT2D eigenvalue weighted by molar-refractivity contribution is 6.43. The van der Waals surface area contributed by atoms with E-state index in [-0.39, 0.29) is 19.0 Å². The lowest BCUT2D eigenvalue weighted by Crippen LogP contribution is -2.33. The number of aromatic nitrogens is 2. The monoisotopic (exact) mass is 495 g/mol. The summed E-state index contributed by atoms with van der Waals surface area (Å²) in [6.45, 7) is -0.283. The second kappa shape index (κ2) is 9.94. The molecule has 4 aromatic rings. The van der Waals surface area contributed by atoms with E-state index in [0.717, 1.165) is 5.52 Å². The maximum absolute atomic E-state index is 12.9. The van der Waals surface area contributed by atoms with Gasteiger partial charge in [-0.2, -0.15) is 0 Å². The zero-order valence-corrected chi connectivity index (χ0v) is 19.2. The summed E-state index contributed by atoms with van der Waals surface area (Å²) in [6, 6.07) is 19.0. The van der Waals surface area contributed by atoms with Crippen LogP contribution >= 0.6 is 23.2 Å². The highest BCUT2D eigenvalue weighted by Gasteiger charge is 2.18. The maximum atomic E-state index is 12.9. The van der Waals surface area contributed by atoms with Gasteiger partial charge in [0, 0.05) is 16.8 Å². The molecule has 0 aliphatic carbocycles. The molecule has 0 radical (unpaired) electrons. The van der Waals surface area contributed by atoms with Gasteiger partial charge in [-0.15, -0.1) is 0 Å². The number of carbonyl (C=O) groups is 3. The topological polar surface area (TPSA) is 119 Å². The molecule has 0 atom stereocenters. The van der Waals surface area contributed by atoms with Crippen LogP contribution in [0.2, 0.25) is 10.0 Å². The minimum atomic E-state index is -0.636. The van der Waals surface area contributed by atoms with Crippen LogP contribution in [-0.4, -0.2) is 33.8 Å². The summed E-state index contributed by atoms with van der Waals surface area (Å²) in [6.07, 6.45) is 0. The lowest BCUT2D eigenvalue weighted by molar-refractivity contribution is -0.117. The van der Waals surface area contributed by atoms with E-state index in [9.17, 15) is 14.4 Å². The van der Waals surface area contributed by atoms with Gasteiger partial charge < -0.3 is 20.9 Å². The summed E-state index contributed by atoms with van der Waals surface area (Å²) in [5.41, 5.74) is 7.96. The largest absolute Gasteiger partial charge is 0.368 e. The van der Waals surface area contributed by atoms with Crippen LogP contribution in [0, 0.1) is 0 Å². The van der Waals surface area contributed by atoms with Gasteiger partial charge >= 0.3 is 0 Å². The first-order valence-electron chi connectivity index (χ1n) is 10.2. The van der Waals surface area contributed by atoms with Crippen LogP contribution in [0.5, 0.6) is 0 Å². The minimum Gasteiger partial charge on any atom is -0.368 e. The molecule has 0 unspecified atom stereocenters. The highest BCUT2D eigenvalue weighted by Crippen LogP contribution is 2.34. The summed E-state index contributed by atoms with van der Waals surface area (Å²) < 4.78 is 1.77. The van der Waals surface area contributed by atoms with Crippen LogP contribution in [0.25, 0.3) is 22.4 Å². The van der Waals surface area contributed by atoms with Gasteiger partial charge in [0.2, 0.25) is 11.8 Å². The van der Waals surface area contributed by atoms with Crippen molar-refractivity contribution in [3.63, 3.8) is 0 Å². The molecule has 10 heteroatoms. The Morgan fingerprint density at radius 2 is 1.68 bits per heavy atom. The second-order valence-corrected chi connectivity index (χ2v) is 8.17. The third kappa shape index (κ3) is 5.03. The zero-order valence-electron chi connectivity index (χ0n) is 17.7. The Hall–Kier alpha value is -3.88. The standard InChI is InChI=1S/C24H19Cl2N5O3/c25-17-5-3-4-16(22(17)26)23-30-18-6-1-2-7-19(18)31(23)13-21(33)29-15-10-8-14(9-11-15)24(34)28-12-20(27)32/h1-11H,12-13H2,(H2,27,32)(H,28,34)(H,29,33). The molecule has 1 heterocycles. The van der Waals surface area contributed by atoms with Crippen molar-refractivity contribution in [3.05, 3.63) is 82.3 Å². The fourth-order valence-corrected chi connectivity index (χ4v) is 3.82. The Morgan fingerprint density at radius 3 is 2.41 bits per heavy atom. The molecule has 0 spiro atoms. The lowest BCUT2D eigenvalue weighted by atomic mass is 10.2. The molecular formula is C24H19Cl2N5O3. The molecule has 0 saturated heterocycles. The van der Waals surface area contributed by atoms with Crippen molar-refractivity contribution >= 4 is 57.6 Å². The molecular weight excluding hydrogens is 477 g/mol. The van der Waals surface area contributed by atoms with Gasteiger partial charge in [-0.05, 0) is 48.5 Å². The predicted octanol–water partition coefficient (Wildman–Crippen LogP) is 3.86. The number of anilines is 1. The number of halogens is 2. The number of nitrogens with two attached hydrogens (primary N) is 1. The fraction of sp³-hybridized carbons (Fsp3) is 0.0833. The van der Waals surface area contributed by atoms with Gasteiger partial charge in [-0.3, -0.25) is 14.4 Å². The molecule has 0 aliphatic rings. The van der Waals surface area contributed by atoms with E-state index in [1.165, 1.54) is 12.1 Å². The summed E-state index contributed by atoms with van der Waals surface area (Å²) in [4.78, 5) is 40.4. The smallest absolute Gasteiger partial charge is 0.251 e. The molecule has 34 heavy (non-hydrogen) atoms. The summed E-state index contributed by atoms with van der Waals surface area (Å²) in [5, 5.41) is 5.96. The van der Waals surface area contributed by atoms with Gasteiger partial charge in [0.05, 0.1) is 27.6 Å². The zero-order chi connectivity index (χ0) is 24.2. The summed E-state index contributed by atoms with van der Waals surface area (Å²) in [7, 11) is 0. The molecule has 3 aromatic carbocycles. The molecule has 0 bridgehead atoms. The van der Waals surface area contributed by atoms with Gasteiger partial charge in [0.15, 0.2) is 0 Å². The van der Waals surface area contributed by atoms with E-state index in [1.807, 2.05) is 24.3 Å². The van der Waals surface area contributed by atoms with E-state index >= 15 is 0 Å². The number of hydrogen-bond acceptors (Lipinski definition) is 4. The number of benzene rings is 3. The van der Waals surface area contributed by atoms with Crippen molar-refractivity contribution in [1.29, 1.82) is 0 Å². The molecule has 4 N–H and O–H groups in total. The van der Waals surface area contributed by atoms with Gasteiger partial charge in [0.25, 0.3) is 5.91 Å². The SMILES string of the molecule is NC(=O)CNC(=O)c1ccc(NC(=O)Cn2c(-c3cccc(Cl)c3Cl)nc3ccccc32)cc1. The molecule has 0 aliphatic heterocycles. The number of imidazole rings is 1. The Labute approximate surface area is 204 Å². The van der Waals surface area contributed by atoms with Crippen LogP contribution in [0.4, 0.5) is 5.69 Å². The normalized spacial score (nSPS) is 10.8. The third-order valence-electron chi connectivity index (χ3n) is 5.00. The molecule has 0 saturated carbocycles. The van der Waals surface area contributed by atoms with E-state index < -0.39 is 11.8 Å². The van der Waals surface area contributed by atoms with Gasteiger partial charge in [0.1, 0.15) is 12.4 Å². The number of amides is 3. The van der Waals surface area contributed by atoms with Crippen molar-refractivity contribution in [2.45, 2.75) is 6.54 Å². The molecule has 4 rings (SSSR count). The lowest BCUT2D eigenvalue weighted by Gasteiger charge is -2.12. The molecule has 3 amide bonds. The average Bonchev–Trinajstić information content (AvgIpc) is 3.17. The number of carbonyl (C=O) groups excluding carboxylic acids is 3. The molecule has 8 nitrogen and oxygen atoms in total. The van der Waals surface area contributed by atoms with Crippen LogP contribution < -0.4 is 16.4 Å². The molecule has 172 valence electrons. The van der Waals surface area contributed by atoms with Crippen LogP contribution in [0.1, 0.15) is 10.4 Å². The van der Waals surface area contributed by atoms with E-state index in [1.54, 1.807) is 34.9 Å². The fourth-order valence-electron chi connectivity index (χ4n) is 3.44. The average molecular weight is 496 g/mol. The van der Waals surface area contributed by atoms with Crippen molar-refractivity contribution < 1.29 is 14.4 Å². The second-order valence-electron chi connectivity index (χ2n) is 7.39. The van der Waals surface area contributed by atoms with Crippen LogP contribution in [0.3, 0.4) is 0 Å². The summed E-state index contributed by atoms with van der Waals surface area (Å²) >= 11 is 12.6. The van der Waals surface area contributed by atoms with Crippen molar-refractivity contribution in [2.75, 3.05) is 11.9 Å². The van der Waals surface area contributed by atoms with E-state index in [4.69, 9.17) is 28.9 Å². The van der Waals surface area contributed by atoms with Gasteiger partial charge in [-0.1, -0.05) is 41.4 Å². The van der Waals surface area contributed by atoms with Crippen molar-refractivity contribution in [1.82, 2.24) is 14.9 Å². The van der Waals surface area contributed by atoms with Crippen molar-refractivity contribution in [2.24, 2.45) is 5.73 Å². The molecule has 1 aromatic heterocycles. The minimum absolute atomic E-state index is 0.0282. The first kappa shape index (κ1) is 23.3. The van der Waals surface area contributed by atoms with Crippen LogP contribution in [0.15, 0.2) is 66.7 Å². The van der Waals surface area contributed by atoms with E-state index in [2.05, 4.69) is 15.6 Å². The summed E-state index contributed by atoms with van der Waals surface area (Å²) in [5.74, 6) is -0.855. The van der Waals surface area contributed by atoms with Crippen molar-refractivity contribution in [3.8, 4) is 11.4 Å². The number of rotatable bonds is 7. The number of nitrogens with zero attached hydrogens (tertiary/aromatic N) is 2. The Morgan fingerprint density at radius 1 is 0.941 bits per heavy atom. The first-order valence-corrected chi connectivity index (χ1v) is 10.9. The Balaban J connectivity index is 1.56. The number of nitrogens with one attached hydrogen (secondary N) is 2. The number of fused-ring (bicyclic) bond motifs is 1. The van der Waals surface area contributed by atoms with Crippen LogP contribution in [-0.2, 0) is 16.1 Å². The number of hydrogen-bond donors (Lipinski definition) is 3. The highest BCUT2D eigenvalue weighted by atomic mass is 35.5.